The minimum atomic E-state index is -3.63. The number of alkyl halides is 2. The molecule has 1 unspecified atom stereocenters. The molecule has 0 radical (unpaired) electrons. The average Bonchev–Trinajstić information content (AvgIpc) is 2.69. The Bertz CT molecular complexity index is 799. The van der Waals surface area contributed by atoms with Gasteiger partial charge in [0.05, 0.1) is 11.4 Å². The Morgan fingerprint density at radius 1 is 1.10 bits per heavy atom. The number of benzene rings is 2. The predicted molar refractivity (Wildman–Crippen MR) is 118 cm³/mol. The number of thioether (sulfide) groups is 1. The van der Waals surface area contributed by atoms with Crippen LogP contribution in [0, 0.1) is 0 Å². The van der Waals surface area contributed by atoms with Crippen LogP contribution in [0.5, 0.6) is 0 Å². The van der Waals surface area contributed by atoms with Gasteiger partial charge >= 0.3 is 14.4 Å². The molecule has 0 saturated carbocycles. The van der Waals surface area contributed by atoms with Gasteiger partial charge in [-0.15, -0.1) is 16.7 Å². The summed E-state index contributed by atoms with van der Waals surface area (Å²) in [5.74, 6) is 0.994. The van der Waals surface area contributed by atoms with Gasteiger partial charge in [0.15, 0.2) is 0 Å². The molecule has 0 aliphatic heterocycles. The van der Waals surface area contributed by atoms with Crippen molar-refractivity contribution >= 4 is 31.6 Å². The Morgan fingerprint density at radius 3 is 2.57 bits per heavy atom. The fourth-order valence-electron chi connectivity index (χ4n) is 2.83. The smallest absolute Gasteiger partial charge is 0.312 e. The van der Waals surface area contributed by atoms with E-state index in [1.165, 1.54) is 18.4 Å². The maximum atomic E-state index is 13.2. The minimum absolute atomic E-state index is 0.0622. The lowest BCUT2D eigenvalue weighted by Gasteiger charge is -2.11. The molecule has 2 aromatic carbocycles. The molecule has 0 fully saturated rings. The van der Waals surface area contributed by atoms with Crippen LogP contribution < -0.4 is 5.32 Å². The highest BCUT2D eigenvalue weighted by Crippen LogP contribution is 2.31. The maximum Gasteiger partial charge on any atom is 0.701 e. The Hall–Kier alpha value is -1.08. The van der Waals surface area contributed by atoms with Crippen LogP contribution in [-0.2, 0) is 22.1 Å². The van der Waals surface area contributed by atoms with Crippen molar-refractivity contribution in [3.8, 4) is 0 Å². The number of hydrogen-bond acceptors (Lipinski definition) is 4. The number of aryl methyl sites for hydroxylation is 1. The molecule has 0 aliphatic rings. The Balaban J connectivity index is 1.63. The van der Waals surface area contributed by atoms with Crippen molar-refractivity contribution in [2.75, 3.05) is 12.3 Å². The van der Waals surface area contributed by atoms with E-state index in [4.69, 9.17) is 16.5 Å². The Labute approximate surface area is 186 Å². The van der Waals surface area contributed by atoms with Gasteiger partial charge in [-0.1, -0.05) is 54.4 Å². The second kappa shape index (κ2) is 13.4. The van der Waals surface area contributed by atoms with Crippen molar-refractivity contribution in [3.63, 3.8) is 0 Å². The van der Waals surface area contributed by atoms with Crippen LogP contribution in [0.15, 0.2) is 53.4 Å². The molecular formula is C21H26ClF2NO3PS+. The average molecular weight is 477 g/mol. The lowest BCUT2D eigenvalue weighted by Crippen LogP contribution is -2.25. The highest BCUT2D eigenvalue weighted by Gasteiger charge is 2.40. The predicted octanol–water partition coefficient (Wildman–Crippen LogP) is 6.58. The van der Waals surface area contributed by atoms with Crippen LogP contribution >= 0.6 is 31.6 Å². The molecule has 0 amide bonds. The van der Waals surface area contributed by atoms with Gasteiger partial charge in [-0.3, -0.25) is 0 Å². The van der Waals surface area contributed by atoms with Crippen LogP contribution in [0.1, 0.15) is 36.8 Å². The van der Waals surface area contributed by atoms with Gasteiger partial charge in [0.1, 0.15) is 0 Å². The van der Waals surface area contributed by atoms with E-state index in [9.17, 15) is 13.3 Å². The third kappa shape index (κ3) is 10.3. The molecule has 0 aromatic heterocycles. The maximum absolute atomic E-state index is 13.2. The van der Waals surface area contributed by atoms with Gasteiger partial charge in [0.2, 0.25) is 0 Å². The molecule has 2 N–H and O–H groups in total. The fraction of sp³-hybridized carbons (Fsp3) is 0.429. The van der Waals surface area contributed by atoms with Crippen LogP contribution in [0.25, 0.3) is 0 Å². The molecule has 2 rings (SSSR count). The molecule has 4 nitrogen and oxygen atoms in total. The number of rotatable bonds is 14. The first-order valence-electron chi connectivity index (χ1n) is 9.75. The first-order chi connectivity index (χ1) is 14.4. The highest BCUT2D eigenvalue weighted by molar-refractivity contribution is 7.99. The minimum Gasteiger partial charge on any atom is -0.312 e. The van der Waals surface area contributed by atoms with Crippen molar-refractivity contribution in [2.24, 2.45) is 0 Å². The van der Waals surface area contributed by atoms with Crippen LogP contribution in [0.4, 0.5) is 8.78 Å². The number of unbranched alkanes of at least 4 members (excludes halogenated alkanes) is 2. The van der Waals surface area contributed by atoms with E-state index in [1.54, 1.807) is 11.8 Å². The topological polar surface area (TPSA) is 58.6 Å². The zero-order valence-electron chi connectivity index (χ0n) is 16.5. The van der Waals surface area contributed by atoms with Gasteiger partial charge < -0.3 is 5.32 Å². The van der Waals surface area contributed by atoms with Crippen molar-refractivity contribution in [3.05, 3.63) is 64.7 Å². The van der Waals surface area contributed by atoms with Crippen LogP contribution in [0.2, 0.25) is 5.02 Å². The van der Waals surface area contributed by atoms with Crippen LogP contribution in [-0.4, -0.2) is 23.3 Å². The summed E-state index contributed by atoms with van der Waals surface area (Å²) in [6.07, 6.45) is 0.231. The summed E-state index contributed by atoms with van der Waals surface area (Å²) in [6, 6.07) is 16.2. The quantitative estimate of drug-likeness (QED) is 0.183. The van der Waals surface area contributed by atoms with E-state index in [1.807, 2.05) is 24.3 Å². The summed E-state index contributed by atoms with van der Waals surface area (Å²) >= 11 is 8.06. The molecule has 164 valence electrons. The third-order valence-electron chi connectivity index (χ3n) is 4.34. The van der Waals surface area contributed by atoms with E-state index < -0.39 is 20.8 Å². The Morgan fingerprint density at radius 2 is 1.87 bits per heavy atom. The molecule has 30 heavy (non-hydrogen) atoms. The van der Waals surface area contributed by atoms with Crippen molar-refractivity contribution < 1.29 is 22.8 Å². The molecule has 0 heterocycles. The van der Waals surface area contributed by atoms with E-state index >= 15 is 0 Å². The summed E-state index contributed by atoms with van der Waals surface area (Å²) in [5.41, 5.74) is 2.25. The number of nitrogens with one attached hydrogen (secondary N) is 1. The van der Waals surface area contributed by atoms with Gasteiger partial charge in [-0.05, 0) is 52.8 Å². The zero-order valence-corrected chi connectivity index (χ0v) is 19.0. The number of halogens is 3. The molecule has 2 aromatic rings. The highest BCUT2D eigenvalue weighted by atomic mass is 35.5. The standard InChI is InChI=1S/C21H25ClF2NO3PS/c22-19-15-18(16-25-13-12-21(23,24)28-29(26)27)10-11-20(19)30-14-6-2-5-9-17-7-3-1-4-8-17/h1,3-4,7-8,10-11,15,25H,2,5-6,9,12-14,16H2/p+1. The number of hydrogen-bond donors (Lipinski definition) is 2. The van der Waals surface area contributed by atoms with Gasteiger partial charge in [-0.2, -0.15) is 8.78 Å². The molecule has 1 atom stereocenters. The SMILES string of the molecule is O=[P+](O)OC(F)(F)CCNCc1ccc(SCCCCCc2ccccc2)c(Cl)c1. The molecular weight excluding hydrogens is 451 g/mol. The van der Waals surface area contributed by atoms with Crippen molar-refractivity contribution in [1.82, 2.24) is 5.32 Å². The molecule has 0 aliphatic carbocycles. The molecule has 0 bridgehead atoms. The molecule has 0 saturated heterocycles. The van der Waals surface area contributed by atoms with Crippen LogP contribution in [0.3, 0.4) is 0 Å². The van der Waals surface area contributed by atoms with E-state index in [-0.39, 0.29) is 6.54 Å². The largest absolute Gasteiger partial charge is 0.701 e. The lowest BCUT2D eigenvalue weighted by atomic mass is 10.1. The van der Waals surface area contributed by atoms with Crippen molar-refractivity contribution in [2.45, 2.75) is 49.7 Å². The summed E-state index contributed by atoms with van der Waals surface area (Å²) in [4.78, 5) is 9.41. The third-order valence-corrected chi connectivity index (χ3v) is 6.35. The first kappa shape index (κ1) is 25.2. The summed E-state index contributed by atoms with van der Waals surface area (Å²) in [7, 11) is -3.33. The lowest BCUT2D eigenvalue weighted by molar-refractivity contribution is -0.179. The zero-order chi connectivity index (χ0) is 21.8. The first-order valence-corrected chi connectivity index (χ1v) is 12.2. The van der Waals surface area contributed by atoms with Gasteiger partial charge in [0.25, 0.3) is 0 Å². The summed E-state index contributed by atoms with van der Waals surface area (Å²) < 4.78 is 40.3. The summed E-state index contributed by atoms with van der Waals surface area (Å²) in [5, 5.41) is 3.50. The Kier molecular flexibility index (Phi) is 11.2. The van der Waals surface area contributed by atoms with Gasteiger partial charge in [0, 0.05) is 22.6 Å². The molecule has 0 spiro atoms. The fourth-order valence-corrected chi connectivity index (χ4v) is 4.45. The monoisotopic (exact) mass is 476 g/mol. The van der Waals surface area contributed by atoms with E-state index in [0.29, 0.717) is 11.6 Å². The van der Waals surface area contributed by atoms with E-state index in [0.717, 1.165) is 29.1 Å². The van der Waals surface area contributed by atoms with E-state index in [2.05, 4.69) is 34.1 Å². The van der Waals surface area contributed by atoms with Crippen molar-refractivity contribution in [1.29, 1.82) is 0 Å². The second-order valence-corrected chi connectivity index (χ2v) is 9.00. The summed E-state index contributed by atoms with van der Waals surface area (Å²) in [6.45, 7) is 0.304. The molecule has 9 heteroatoms. The normalized spacial score (nSPS) is 12.2. The second-order valence-electron chi connectivity index (χ2n) is 6.80. The van der Waals surface area contributed by atoms with Gasteiger partial charge in [-0.25, -0.2) is 0 Å².